The van der Waals surface area contributed by atoms with Gasteiger partial charge in [0.25, 0.3) is 0 Å². The standard InChI is InChI=1S/C10H19N3O2.CH4/c1-3-4-5-6-8(2)15-9(14)7-13-10(11)12;/h3,8H,1,4-7H2,2H3,(H4,11,12,13);1H4/i;1D3. The fourth-order valence-electron chi connectivity index (χ4n) is 1.03. The smallest absolute Gasteiger partial charge is 0.328 e. The molecule has 4 N–H and O–H groups in total. The first-order valence-electron chi connectivity index (χ1n) is 6.65. The lowest BCUT2D eigenvalue weighted by atomic mass is 10.2. The van der Waals surface area contributed by atoms with Gasteiger partial charge in [-0.25, -0.2) is 4.99 Å². The van der Waals surface area contributed by atoms with Gasteiger partial charge < -0.3 is 16.2 Å². The number of hydrogen-bond acceptors (Lipinski definition) is 3. The van der Waals surface area contributed by atoms with Crippen molar-refractivity contribution in [2.75, 3.05) is 6.54 Å². The van der Waals surface area contributed by atoms with Gasteiger partial charge in [0, 0.05) is 4.11 Å². The topological polar surface area (TPSA) is 90.7 Å². The fourth-order valence-corrected chi connectivity index (χ4v) is 1.03. The summed E-state index contributed by atoms with van der Waals surface area (Å²) in [4.78, 5) is 14.7. The predicted octanol–water partition coefficient (Wildman–Crippen LogP) is 1.18. The van der Waals surface area contributed by atoms with Crippen LogP contribution in [0.15, 0.2) is 17.6 Å². The highest BCUT2D eigenvalue weighted by Gasteiger charge is 2.07. The van der Waals surface area contributed by atoms with Gasteiger partial charge in [-0.1, -0.05) is 13.4 Å². The number of esters is 1. The molecule has 0 saturated heterocycles. The average Bonchev–Trinajstić information content (AvgIpc) is 2.26. The number of carbonyl (C=O) groups excluding carboxylic acids is 1. The molecule has 0 aromatic heterocycles. The SMILES string of the molecule is C=CCCCC(C)OC(=O)CN=C(N)N.[2H]C([2H])[2H]. The lowest BCUT2D eigenvalue weighted by molar-refractivity contribution is -0.146. The first-order valence-corrected chi connectivity index (χ1v) is 4.92. The van der Waals surface area contributed by atoms with Crippen LogP contribution in [0.2, 0.25) is 0 Å². The fraction of sp³-hybridized carbons (Fsp3) is 0.636. The summed E-state index contributed by atoms with van der Waals surface area (Å²) >= 11 is 0. The third-order valence-electron chi connectivity index (χ3n) is 1.74. The zero-order chi connectivity index (χ0) is 15.3. The van der Waals surface area contributed by atoms with E-state index in [9.17, 15) is 4.79 Å². The Bertz CT molecular complexity index is 280. The van der Waals surface area contributed by atoms with Crippen molar-refractivity contribution < 1.29 is 13.6 Å². The Morgan fingerprint density at radius 2 is 2.38 bits per heavy atom. The van der Waals surface area contributed by atoms with Crippen LogP contribution in [0, 0.1) is 0 Å². The molecule has 0 aliphatic rings. The zero-order valence-corrected chi connectivity index (χ0v) is 9.69. The van der Waals surface area contributed by atoms with Crippen LogP contribution in [0.4, 0.5) is 0 Å². The van der Waals surface area contributed by atoms with E-state index in [1.54, 1.807) is 0 Å². The summed E-state index contributed by atoms with van der Waals surface area (Å²) in [6.45, 7) is 5.34. The molecule has 0 aromatic carbocycles. The van der Waals surface area contributed by atoms with Crippen molar-refractivity contribution in [3.63, 3.8) is 0 Å². The molecule has 5 nitrogen and oxygen atoms in total. The predicted molar refractivity (Wildman–Crippen MR) is 67.0 cm³/mol. The molecule has 0 aliphatic heterocycles. The van der Waals surface area contributed by atoms with E-state index < -0.39 is 13.3 Å². The first-order chi connectivity index (χ1) is 8.79. The van der Waals surface area contributed by atoms with Crippen LogP contribution in [0.1, 0.15) is 37.7 Å². The Morgan fingerprint density at radius 1 is 1.75 bits per heavy atom. The van der Waals surface area contributed by atoms with Gasteiger partial charge in [0.05, 0.1) is 6.10 Å². The molecule has 1 unspecified atom stereocenters. The summed E-state index contributed by atoms with van der Waals surface area (Å²) in [5, 5.41) is 0. The molecule has 0 fully saturated rings. The molecule has 0 bridgehead atoms. The highest BCUT2D eigenvalue weighted by Crippen LogP contribution is 2.04. The first kappa shape index (κ1) is 11.0. The van der Waals surface area contributed by atoms with Crippen molar-refractivity contribution in [1.82, 2.24) is 0 Å². The van der Waals surface area contributed by atoms with Gasteiger partial charge in [-0.3, -0.25) is 4.79 Å². The Morgan fingerprint density at radius 3 is 2.88 bits per heavy atom. The molecule has 0 amide bonds. The minimum absolute atomic E-state index is 0.105. The maximum atomic E-state index is 11.1. The van der Waals surface area contributed by atoms with E-state index in [0.717, 1.165) is 19.3 Å². The number of carbonyl (C=O) groups is 1. The number of allylic oxidation sites excluding steroid dienone is 1. The number of unbranched alkanes of at least 4 members (excludes halogenated alkanes) is 1. The van der Waals surface area contributed by atoms with Crippen molar-refractivity contribution in [2.45, 2.75) is 39.6 Å². The minimum atomic E-state index is -1.42. The molecule has 94 valence electrons. The van der Waals surface area contributed by atoms with Crippen LogP contribution in [-0.4, -0.2) is 24.6 Å². The largest absolute Gasteiger partial charge is 0.461 e. The molecule has 0 heterocycles. The Labute approximate surface area is 102 Å². The van der Waals surface area contributed by atoms with E-state index in [1.165, 1.54) is 0 Å². The summed E-state index contributed by atoms with van der Waals surface area (Å²) < 4.78 is 22.8. The summed E-state index contributed by atoms with van der Waals surface area (Å²) in [5.41, 5.74) is 10.2. The van der Waals surface area contributed by atoms with Crippen LogP contribution < -0.4 is 11.5 Å². The molecule has 0 spiro atoms. The highest BCUT2D eigenvalue weighted by atomic mass is 16.5. The van der Waals surface area contributed by atoms with Crippen molar-refractivity contribution in [3.8, 4) is 0 Å². The number of hydrogen-bond donors (Lipinski definition) is 2. The van der Waals surface area contributed by atoms with Crippen molar-refractivity contribution in [1.29, 1.82) is 0 Å². The Balaban J connectivity index is 0. The lowest BCUT2D eigenvalue weighted by Gasteiger charge is -2.11. The zero-order valence-electron chi connectivity index (χ0n) is 12.7. The van der Waals surface area contributed by atoms with E-state index in [0.29, 0.717) is 0 Å². The van der Waals surface area contributed by atoms with Gasteiger partial charge in [-0.15, -0.1) is 6.58 Å². The average molecular weight is 232 g/mol. The molecule has 16 heavy (non-hydrogen) atoms. The maximum absolute atomic E-state index is 11.1. The number of rotatable bonds is 7. The van der Waals surface area contributed by atoms with E-state index >= 15 is 0 Å². The van der Waals surface area contributed by atoms with Crippen LogP contribution in [0.3, 0.4) is 0 Å². The second-order valence-electron chi connectivity index (χ2n) is 3.26. The molecular weight excluding hydrogens is 206 g/mol. The van der Waals surface area contributed by atoms with Gasteiger partial charge in [-0.05, 0) is 26.2 Å². The normalized spacial score (nSPS) is 13.2. The van der Waals surface area contributed by atoms with E-state index in [4.69, 9.17) is 20.3 Å². The van der Waals surface area contributed by atoms with Crippen molar-refractivity contribution in [2.24, 2.45) is 16.5 Å². The summed E-state index contributed by atoms with van der Waals surface area (Å²) in [7, 11) is -1.42. The lowest BCUT2D eigenvalue weighted by Crippen LogP contribution is -2.25. The minimum Gasteiger partial charge on any atom is -0.461 e. The van der Waals surface area contributed by atoms with E-state index in [-0.39, 0.29) is 18.6 Å². The second kappa shape index (κ2) is 10.0. The second-order valence-corrected chi connectivity index (χ2v) is 3.26. The third kappa shape index (κ3) is 10.6. The number of guanidine groups is 1. The Hall–Kier alpha value is -1.52. The van der Waals surface area contributed by atoms with Crippen LogP contribution in [-0.2, 0) is 9.53 Å². The Kier molecular flexibility index (Phi) is 6.87. The highest BCUT2D eigenvalue weighted by molar-refractivity contribution is 5.80. The molecule has 0 rings (SSSR count). The number of nitrogens with zero attached hydrogens (tertiary/aromatic N) is 1. The maximum Gasteiger partial charge on any atom is 0.328 e. The van der Waals surface area contributed by atoms with Gasteiger partial charge in [0.2, 0.25) is 0 Å². The molecular formula is C11H23N3O2. The third-order valence-corrected chi connectivity index (χ3v) is 1.74. The van der Waals surface area contributed by atoms with Gasteiger partial charge >= 0.3 is 5.97 Å². The molecule has 0 radical (unpaired) electrons. The molecule has 0 saturated carbocycles. The summed E-state index contributed by atoms with van der Waals surface area (Å²) in [6, 6.07) is 0. The molecule has 0 aliphatic carbocycles. The van der Waals surface area contributed by atoms with Crippen molar-refractivity contribution in [3.05, 3.63) is 12.7 Å². The monoisotopic (exact) mass is 232 g/mol. The quantitative estimate of drug-likeness (QED) is 0.227. The number of aliphatic imine (C=N–C) groups is 1. The summed E-state index contributed by atoms with van der Waals surface area (Å²) in [6.07, 6.45) is 4.44. The van der Waals surface area contributed by atoms with E-state index in [2.05, 4.69) is 11.6 Å². The summed E-state index contributed by atoms with van der Waals surface area (Å²) in [5.74, 6) is -0.513. The van der Waals surface area contributed by atoms with Crippen molar-refractivity contribution >= 4 is 11.9 Å². The van der Waals surface area contributed by atoms with Gasteiger partial charge in [-0.2, -0.15) is 0 Å². The van der Waals surface area contributed by atoms with Gasteiger partial charge in [0.15, 0.2) is 5.96 Å². The van der Waals surface area contributed by atoms with Crippen LogP contribution >= 0.6 is 0 Å². The van der Waals surface area contributed by atoms with Crippen LogP contribution in [0.5, 0.6) is 0 Å². The van der Waals surface area contributed by atoms with Crippen LogP contribution in [0.25, 0.3) is 0 Å². The molecule has 1 atom stereocenters. The molecule has 0 aromatic rings. The number of ether oxygens (including phenoxy) is 1. The molecule has 5 heteroatoms. The van der Waals surface area contributed by atoms with E-state index in [1.807, 2.05) is 13.0 Å². The number of nitrogens with two attached hydrogens (primary N) is 2. The van der Waals surface area contributed by atoms with Gasteiger partial charge in [0.1, 0.15) is 6.54 Å².